The number of rotatable bonds is 2. The van der Waals surface area contributed by atoms with Gasteiger partial charge in [0.15, 0.2) is 0 Å². The van der Waals surface area contributed by atoms with Crippen molar-refractivity contribution in [1.82, 2.24) is 0 Å². The Morgan fingerprint density at radius 1 is 0.850 bits per heavy atom. The van der Waals surface area contributed by atoms with Gasteiger partial charge < -0.3 is 9.47 Å². The molecule has 0 bridgehead atoms. The van der Waals surface area contributed by atoms with Gasteiger partial charge in [0.25, 0.3) is 0 Å². The Bertz CT molecular complexity index is 364. The molecule has 2 aliphatic carbocycles. The van der Waals surface area contributed by atoms with Gasteiger partial charge in [-0.05, 0) is 31.6 Å². The Morgan fingerprint density at radius 3 is 2.00 bits per heavy atom. The van der Waals surface area contributed by atoms with E-state index in [4.69, 9.17) is 9.47 Å². The molecule has 2 saturated carbocycles. The van der Waals surface area contributed by atoms with Crippen LogP contribution in [0.4, 0.5) is 0 Å². The van der Waals surface area contributed by atoms with E-state index in [0.717, 1.165) is 25.7 Å². The third kappa shape index (κ3) is 2.93. The molecule has 3 fully saturated rings. The molecule has 0 aromatic rings. The first-order chi connectivity index (χ1) is 9.75. The molecule has 3 nitrogen and oxygen atoms in total. The lowest BCUT2D eigenvalue weighted by atomic mass is 9.82. The Morgan fingerprint density at radius 2 is 1.40 bits per heavy atom. The maximum Gasteiger partial charge on any atom is 0.338 e. The fraction of sp³-hybridized carbons (Fsp3) is 0.824. The molecule has 0 N–H and O–H groups in total. The molecule has 112 valence electrons. The van der Waals surface area contributed by atoms with Gasteiger partial charge >= 0.3 is 5.97 Å². The van der Waals surface area contributed by atoms with E-state index in [-0.39, 0.29) is 18.4 Å². The standard InChI is InChI=1S/C17H26O3/c1-12-15(13-8-4-2-5-9-13)19-17(20-16(12)18)14-10-6-3-7-11-14/h13-15,17H,1-11H2/t15-,17+/m0/s1. The summed E-state index contributed by atoms with van der Waals surface area (Å²) in [6.07, 6.45) is 11.7. The second-order valence-corrected chi connectivity index (χ2v) is 6.65. The summed E-state index contributed by atoms with van der Waals surface area (Å²) in [6, 6.07) is 0. The maximum atomic E-state index is 12.1. The Balaban J connectivity index is 1.68. The molecule has 2 atom stereocenters. The zero-order valence-electron chi connectivity index (χ0n) is 12.3. The minimum atomic E-state index is -0.319. The van der Waals surface area contributed by atoms with Crippen LogP contribution in [-0.4, -0.2) is 18.4 Å². The molecule has 1 saturated heterocycles. The summed E-state index contributed by atoms with van der Waals surface area (Å²) in [4.78, 5) is 12.1. The summed E-state index contributed by atoms with van der Waals surface area (Å²) in [5.41, 5.74) is 0.545. The highest BCUT2D eigenvalue weighted by molar-refractivity contribution is 5.89. The summed E-state index contributed by atoms with van der Waals surface area (Å²) in [7, 11) is 0. The zero-order chi connectivity index (χ0) is 13.9. The minimum absolute atomic E-state index is 0.0940. The Kier molecular flexibility index (Phi) is 4.45. The number of hydrogen-bond donors (Lipinski definition) is 0. The molecule has 0 aromatic carbocycles. The van der Waals surface area contributed by atoms with Gasteiger partial charge in [0, 0.05) is 5.92 Å². The average molecular weight is 278 g/mol. The van der Waals surface area contributed by atoms with Gasteiger partial charge in [0.1, 0.15) is 0 Å². The topological polar surface area (TPSA) is 35.5 Å². The molecular formula is C17H26O3. The molecule has 3 rings (SSSR count). The number of esters is 1. The number of ether oxygens (including phenoxy) is 2. The SMILES string of the molecule is C=C1C(=O)O[C@H](C2CCCCC2)O[C@@H]1C1CCCCC1. The molecule has 0 radical (unpaired) electrons. The number of cyclic esters (lactones) is 1. The van der Waals surface area contributed by atoms with E-state index < -0.39 is 0 Å². The summed E-state index contributed by atoms with van der Waals surface area (Å²) >= 11 is 0. The second-order valence-electron chi connectivity index (χ2n) is 6.65. The van der Waals surface area contributed by atoms with Crippen LogP contribution in [0, 0.1) is 11.8 Å². The van der Waals surface area contributed by atoms with Crippen molar-refractivity contribution in [3.8, 4) is 0 Å². The molecule has 0 aromatic heterocycles. The van der Waals surface area contributed by atoms with E-state index in [1.807, 2.05) is 0 Å². The summed E-state index contributed by atoms with van der Waals surface area (Å²) in [5, 5.41) is 0. The van der Waals surface area contributed by atoms with Crippen molar-refractivity contribution in [1.29, 1.82) is 0 Å². The molecule has 0 unspecified atom stereocenters. The normalized spacial score (nSPS) is 34.0. The molecule has 0 spiro atoms. The quantitative estimate of drug-likeness (QED) is 0.566. The summed E-state index contributed by atoms with van der Waals surface area (Å²) in [6.45, 7) is 3.93. The fourth-order valence-electron chi connectivity index (χ4n) is 4.00. The summed E-state index contributed by atoms with van der Waals surface area (Å²) in [5.74, 6) is 0.643. The van der Waals surface area contributed by atoms with E-state index in [9.17, 15) is 4.79 Å². The Hall–Kier alpha value is -0.830. The van der Waals surface area contributed by atoms with Crippen LogP contribution in [0.2, 0.25) is 0 Å². The molecule has 3 aliphatic rings. The van der Waals surface area contributed by atoms with Crippen LogP contribution in [0.1, 0.15) is 64.2 Å². The first kappa shape index (κ1) is 14.1. The van der Waals surface area contributed by atoms with Crippen molar-refractivity contribution in [2.24, 2.45) is 11.8 Å². The van der Waals surface area contributed by atoms with Crippen LogP contribution < -0.4 is 0 Å². The summed E-state index contributed by atoms with van der Waals surface area (Å²) < 4.78 is 11.7. The average Bonchev–Trinajstić information content (AvgIpc) is 2.51. The minimum Gasteiger partial charge on any atom is -0.432 e. The lowest BCUT2D eigenvalue weighted by Crippen LogP contribution is -2.45. The smallest absolute Gasteiger partial charge is 0.338 e. The van der Waals surface area contributed by atoms with Gasteiger partial charge in [-0.15, -0.1) is 0 Å². The van der Waals surface area contributed by atoms with Crippen molar-refractivity contribution in [2.45, 2.75) is 76.6 Å². The van der Waals surface area contributed by atoms with E-state index in [1.165, 1.54) is 38.5 Å². The molecular weight excluding hydrogens is 252 g/mol. The monoisotopic (exact) mass is 278 g/mol. The van der Waals surface area contributed by atoms with Crippen LogP contribution in [0.25, 0.3) is 0 Å². The van der Waals surface area contributed by atoms with Crippen molar-refractivity contribution in [3.63, 3.8) is 0 Å². The van der Waals surface area contributed by atoms with Gasteiger partial charge in [-0.2, -0.15) is 0 Å². The zero-order valence-corrected chi connectivity index (χ0v) is 12.3. The van der Waals surface area contributed by atoms with Crippen LogP contribution in [-0.2, 0) is 14.3 Å². The predicted molar refractivity (Wildman–Crippen MR) is 77.0 cm³/mol. The van der Waals surface area contributed by atoms with Crippen LogP contribution in [0.5, 0.6) is 0 Å². The number of carbonyl (C=O) groups is 1. The molecule has 20 heavy (non-hydrogen) atoms. The maximum absolute atomic E-state index is 12.1. The highest BCUT2D eigenvalue weighted by Crippen LogP contribution is 2.38. The van der Waals surface area contributed by atoms with Gasteiger partial charge in [-0.1, -0.05) is 45.1 Å². The number of hydrogen-bond acceptors (Lipinski definition) is 3. The molecule has 1 heterocycles. The largest absolute Gasteiger partial charge is 0.432 e. The lowest BCUT2D eigenvalue weighted by molar-refractivity contribution is -0.226. The van der Waals surface area contributed by atoms with E-state index >= 15 is 0 Å². The van der Waals surface area contributed by atoms with Gasteiger partial charge in [-0.3, -0.25) is 0 Å². The van der Waals surface area contributed by atoms with Crippen molar-refractivity contribution in [2.75, 3.05) is 0 Å². The van der Waals surface area contributed by atoms with E-state index in [0.29, 0.717) is 17.4 Å². The van der Waals surface area contributed by atoms with Gasteiger partial charge in [-0.25, -0.2) is 4.79 Å². The van der Waals surface area contributed by atoms with Crippen molar-refractivity contribution < 1.29 is 14.3 Å². The van der Waals surface area contributed by atoms with Crippen molar-refractivity contribution in [3.05, 3.63) is 12.2 Å². The van der Waals surface area contributed by atoms with Crippen LogP contribution in [0.15, 0.2) is 12.2 Å². The van der Waals surface area contributed by atoms with Gasteiger partial charge in [0.2, 0.25) is 6.29 Å². The molecule has 0 amide bonds. The highest BCUT2D eigenvalue weighted by Gasteiger charge is 2.41. The first-order valence-electron chi connectivity index (χ1n) is 8.31. The third-order valence-corrected chi connectivity index (χ3v) is 5.22. The van der Waals surface area contributed by atoms with Crippen LogP contribution in [0.3, 0.4) is 0 Å². The predicted octanol–water partition coefficient (Wildman–Crippen LogP) is 3.97. The fourth-order valence-corrected chi connectivity index (χ4v) is 4.00. The Labute approximate surface area is 121 Å². The number of carbonyl (C=O) groups excluding carboxylic acids is 1. The second kappa shape index (κ2) is 6.30. The third-order valence-electron chi connectivity index (χ3n) is 5.22. The highest BCUT2D eigenvalue weighted by atomic mass is 16.7. The van der Waals surface area contributed by atoms with Crippen molar-refractivity contribution >= 4 is 5.97 Å². The first-order valence-corrected chi connectivity index (χ1v) is 8.31. The van der Waals surface area contributed by atoms with E-state index in [2.05, 4.69) is 6.58 Å². The lowest BCUT2D eigenvalue weighted by Gasteiger charge is -2.40. The molecule has 1 aliphatic heterocycles. The van der Waals surface area contributed by atoms with E-state index in [1.54, 1.807) is 0 Å². The molecule has 3 heteroatoms. The van der Waals surface area contributed by atoms with Crippen LogP contribution >= 0.6 is 0 Å². The van der Waals surface area contributed by atoms with Gasteiger partial charge in [0.05, 0.1) is 11.7 Å².